The van der Waals surface area contributed by atoms with Gasteiger partial charge in [-0.2, -0.15) is 13.2 Å². The quantitative estimate of drug-likeness (QED) is 0.700. The van der Waals surface area contributed by atoms with Gasteiger partial charge >= 0.3 is 6.18 Å². The molecule has 0 saturated heterocycles. The van der Waals surface area contributed by atoms with Gasteiger partial charge in [0.05, 0.1) is 16.8 Å². The molecule has 0 spiro atoms. The van der Waals surface area contributed by atoms with Gasteiger partial charge in [0.1, 0.15) is 0 Å². The Morgan fingerprint density at radius 1 is 1.00 bits per heavy atom. The molecule has 5 heteroatoms. The van der Waals surface area contributed by atoms with Crippen molar-refractivity contribution in [3.63, 3.8) is 0 Å². The second-order valence-corrected chi connectivity index (χ2v) is 5.14. The van der Waals surface area contributed by atoms with E-state index in [4.69, 9.17) is 5.73 Å². The Morgan fingerprint density at radius 2 is 1.73 bits per heavy atom. The van der Waals surface area contributed by atoms with E-state index in [0.29, 0.717) is 22.5 Å². The number of halogens is 3. The van der Waals surface area contributed by atoms with Gasteiger partial charge in [0.2, 0.25) is 0 Å². The van der Waals surface area contributed by atoms with E-state index in [0.717, 1.165) is 23.0 Å². The smallest absolute Gasteiger partial charge is 0.398 e. The Balaban J connectivity index is 2.16. The fraction of sp³-hybridized carbons (Fsp3) is 0.118. The van der Waals surface area contributed by atoms with Crippen molar-refractivity contribution in [1.82, 2.24) is 4.98 Å². The summed E-state index contributed by atoms with van der Waals surface area (Å²) in [7, 11) is 0. The molecule has 1 heterocycles. The highest BCUT2D eigenvalue weighted by atomic mass is 19.4. The van der Waals surface area contributed by atoms with Gasteiger partial charge in [-0.05, 0) is 36.8 Å². The average molecular weight is 302 g/mol. The molecule has 0 bridgehead atoms. The van der Waals surface area contributed by atoms with E-state index in [1.165, 1.54) is 6.07 Å². The summed E-state index contributed by atoms with van der Waals surface area (Å²) in [6.07, 6.45) is -4.35. The molecule has 2 nitrogen and oxygen atoms in total. The van der Waals surface area contributed by atoms with Gasteiger partial charge in [-0.3, -0.25) is 0 Å². The van der Waals surface area contributed by atoms with Crippen LogP contribution in [-0.4, -0.2) is 4.98 Å². The highest BCUT2D eigenvalue weighted by molar-refractivity contribution is 5.92. The van der Waals surface area contributed by atoms with Crippen LogP contribution in [0.3, 0.4) is 0 Å². The van der Waals surface area contributed by atoms with Gasteiger partial charge < -0.3 is 5.73 Å². The zero-order valence-electron chi connectivity index (χ0n) is 11.8. The lowest BCUT2D eigenvalue weighted by Gasteiger charge is -2.12. The number of nitrogen functional groups attached to an aromatic ring is 1. The molecule has 0 unspecified atom stereocenters. The molecule has 0 atom stereocenters. The second-order valence-electron chi connectivity index (χ2n) is 5.14. The minimum Gasteiger partial charge on any atom is -0.398 e. The number of aryl methyl sites for hydroxylation is 1. The van der Waals surface area contributed by atoms with Crippen molar-refractivity contribution in [2.75, 3.05) is 5.73 Å². The van der Waals surface area contributed by atoms with Gasteiger partial charge in [0.15, 0.2) is 0 Å². The number of benzene rings is 2. The molecule has 0 aliphatic heterocycles. The highest BCUT2D eigenvalue weighted by Gasteiger charge is 2.30. The van der Waals surface area contributed by atoms with E-state index in [1.54, 1.807) is 13.0 Å². The Bertz CT molecular complexity index is 854. The van der Waals surface area contributed by atoms with Gasteiger partial charge in [-0.25, -0.2) is 4.98 Å². The molecule has 0 aliphatic rings. The molecule has 0 fully saturated rings. The van der Waals surface area contributed by atoms with Crippen LogP contribution < -0.4 is 5.73 Å². The normalized spacial score (nSPS) is 11.8. The van der Waals surface area contributed by atoms with E-state index in [9.17, 15) is 13.2 Å². The Morgan fingerprint density at radius 3 is 2.41 bits per heavy atom. The monoisotopic (exact) mass is 302 g/mol. The van der Waals surface area contributed by atoms with Crippen LogP contribution in [0.1, 0.15) is 11.1 Å². The van der Waals surface area contributed by atoms with Crippen LogP contribution in [0, 0.1) is 6.92 Å². The van der Waals surface area contributed by atoms with E-state index < -0.39 is 11.7 Å². The molecular formula is C17H13F3N2. The number of nitrogens with two attached hydrogens (primary N) is 1. The van der Waals surface area contributed by atoms with Crippen molar-refractivity contribution in [2.45, 2.75) is 13.1 Å². The van der Waals surface area contributed by atoms with Gasteiger partial charge in [-0.1, -0.05) is 24.3 Å². The third kappa shape index (κ3) is 2.50. The molecule has 2 aromatic carbocycles. The number of aromatic nitrogens is 1. The fourth-order valence-corrected chi connectivity index (χ4v) is 2.47. The molecule has 0 radical (unpaired) electrons. The number of alkyl halides is 3. The first kappa shape index (κ1) is 14.4. The standard InChI is InChI=1S/C17H13F3N2/c1-10-8-11(17(18,19)20)6-7-12(10)16-9-14(21)13-4-2-3-5-15(13)22-16/h2-9H,1H3,(H2,21,22). The summed E-state index contributed by atoms with van der Waals surface area (Å²) >= 11 is 0. The summed E-state index contributed by atoms with van der Waals surface area (Å²) in [6.45, 7) is 1.64. The average Bonchev–Trinajstić information content (AvgIpc) is 2.46. The predicted molar refractivity (Wildman–Crippen MR) is 81.3 cm³/mol. The van der Waals surface area contributed by atoms with Crippen molar-refractivity contribution in [3.05, 3.63) is 59.7 Å². The number of fused-ring (bicyclic) bond motifs is 1. The molecule has 0 saturated carbocycles. The third-order valence-corrected chi connectivity index (χ3v) is 3.58. The number of rotatable bonds is 1. The summed E-state index contributed by atoms with van der Waals surface area (Å²) in [5.41, 5.74) is 8.36. The van der Waals surface area contributed by atoms with Gasteiger partial charge in [0, 0.05) is 16.6 Å². The van der Waals surface area contributed by atoms with Gasteiger partial charge in [0.25, 0.3) is 0 Å². The van der Waals surface area contributed by atoms with Crippen LogP contribution in [0.25, 0.3) is 22.2 Å². The molecule has 22 heavy (non-hydrogen) atoms. The van der Waals surface area contributed by atoms with E-state index in [2.05, 4.69) is 4.98 Å². The minimum atomic E-state index is -4.35. The topological polar surface area (TPSA) is 38.9 Å². The first-order chi connectivity index (χ1) is 10.4. The summed E-state index contributed by atoms with van der Waals surface area (Å²) in [5.74, 6) is 0. The number of hydrogen-bond donors (Lipinski definition) is 1. The predicted octanol–water partition coefficient (Wildman–Crippen LogP) is 4.81. The van der Waals surface area contributed by atoms with Gasteiger partial charge in [-0.15, -0.1) is 0 Å². The van der Waals surface area contributed by atoms with E-state index in [1.807, 2.05) is 24.3 Å². The maximum atomic E-state index is 12.7. The van der Waals surface area contributed by atoms with Crippen molar-refractivity contribution in [2.24, 2.45) is 0 Å². The molecule has 0 amide bonds. The number of para-hydroxylation sites is 1. The number of nitrogens with zero attached hydrogens (tertiary/aromatic N) is 1. The SMILES string of the molecule is Cc1cc(C(F)(F)F)ccc1-c1cc(N)c2ccccc2n1. The molecular weight excluding hydrogens is 289 g/mol. The maximum absolute atomic E-state index is 12.7. The van der Waals surface area contributed by atoms with Crippen LogP contribution in [0.15, 0.2) is 48.5 Å². The number of pyridine rings is 1. The summed E-state index contributed by atoms with van der Waals surface area (Å²) in [6, 6.07) is 12.7. The summed E-state index contributed by atoms with van der Waals surface area (Å²) in [5, 5.41) is 0.829. The fourth-order valence-electron chi connectivity index (χ4n) is 2.47. The third-order valence-electron chi connectivity index (χ3n) is 3.58. The molecule has 3 aromatic rings. The molecule has 0 aliphatic carbocycles. The van der Waals surface area contributed by atoms with Crippen LogP contribution in [0.5, 0.6) is 0 Å². The van der Waals surface area contributed by atoms with Crippen molar-refractivity contribution >= 4 is 16.6 Å². The zero-order valence-corrected chi connectivity index (χ0v) is 11.8. The Hall–Kier alpha value is -2.56. The first-order valence-corrected chi connectivity index (χ1v) is 6.70. The van der Waals surface area contributed by atoms with Crippen LogP contribution in [0.4, 0.5) is 18.9 Å². The lowest BCUT2D eigenvalue weighted by molar-refractivity contribution is -0.137. The Kier molecular flexibility index (Phi) is 3.28. The minimum absolute atomic E-state index is 0.511. The Labute approximate surface area is 125 Å². The molecule has 3 rings (SSSR count). The van der Waals surface area contributed by atoms with E-state index in [-0.39, 0.29) is 0 Å². The lowest BCUT2D eigenvalue weighted by Crippen LogP contribution is -2.05. The van der Waals surface area contributed by atoms with E-state index >= 15 is 0 Å². The maximum Gasteiger partial charge on any atom is 0.416 e. The van der Waals surface area contributed by atoms with Crippen molar-refractivity contribution in [1.29, 1.82) is 0 Å². The first-order valence-electron chi connectivity index (χ1n) is 6.70. The van der Waals surface area contributed by atoms with Crippen LogP contribution in [0.2, 0.25) is 0 Å². The summed E-state index contributed by atoms with van der Waals surface area (Å²) in [4.78, 5) is 4.50. The van der Waals surface area contributed by atoms with Crippen LogP contribution in [-0.2, 0) is 6.18 Å². The van der Waals surface area contributed by atoms with Crippen molar-refractivity contribution in [3.8, 4) is 11.3 Å². The lowest BCUT2D eigenvalue weighted by atomic mass is 10.0. The zero-order chi connectivity index (χ0) is 15.9. The number of anilines is 1. The molecule has 2 N–H and O–H groups in total. The highest BCUT2D eigenvalue weighted by Crippen LogP contribution is 2.34. The largest absolute Gasteiger partial charge is 0.416 e. The number of hydrogen-bond acceptors (Lipinski definition) is 2. The van der Waals surface area contributed by atoms with Crippen LogP contribution >= 0.6 is 0 Å². The molecule has 1 aromatic heterocycles. The molecule has 112 valence electrons. The van der Waals surface area contributed by atoms with Crippen molar-refractivity contribution < 1.29 is 13.2 Å². The second kappa shape index (κ2) is 5.02. The summed E-state index contributed by atoms with van der Waals surface area (Å²) < 4.78 is 38.2.